The molecule has 0 spiro atoms. The summed E-state index contributed by atoms with van der Waals surface area (Å²) < 4.78 is 27.8. The highest BCUT2D eigenvalue weighted by atomic mass is 35.5. The maximum atomic E-state index is 12.9. The minimum Gasteiger partial charge on any atom is -0.306 e. The van der Waals surface area contributed by atoms with E-state index < -0.39 is 10.0 Å². The maximum absolute atomic E-state index is 12.9. The van der Waals surface area contributed by atoms with Crippen LogP contribution in [0.1, 0.15) is 4.88 Å². The molecule has 24 heavy (non-hydrogen) atoms. The van der Waals surface area contributed by atoms with Crippen LogP contribution in [0, 0.1) is 0 Å². The van der Waals surface area contributed by atoms with Crippen molar-refractivity contribution >= 4 is 44.0 Å². The van der Waals surface area contributed by atoms with Crippen LogP contribution in [-0.2, 0) is 16.6 Å². The Morgan fingerprint density at radius 1 is 1.21 bits per heavy atom. The lowest BCUT2D eigenvalue weighted by Gasteiger charge is -2.20. The van der Waals surface area contributed by atoms with Gasteiger partial charge < -0.3 is 9.97 Å². The van der Waals surface area contributed by atoms with Crippen molar-refractivity contribution in [3.05, 3.63) is 62.7 Å². The van der Waals surface area contributed by atoms with Crippen molar-refractivity contribution in [2.24, 2.45) is 0 Å². The number of rotatable bonds is 6. The van der Waals surface area contributed by atoms with Gasteiger partial charge in [0.05, 0.1) is 20.3 Å². The molecule has 0 saturated carbocycles. The summed E-state index contributed by atoms with van der Waals surface area (Å²) in [5.74, 6) is 0. The number of hydrogen-bond acceptors (Lipinski definition) is 4. The second kappa shape index (κ2) is 6.56. The first-order valence-electron chi connectivity index (χ1n) is 6.97. The van der Waals surface area contributed by atoms with Crippen molar-refractivity contribution in [2.45, 2.75) is 11.4 Å². The first-order chi connectivity index (χ1) is 11.4. The second-order valence-electron chi connectivity index (χ2n) is 5.08. The molecule has 126 valence electrons. The van der Waals surface area contributed by atoms with E-state index >= 15 is 0 Å². The summed E-state index contributed by atoms with van der Waals surface area (Å²) in [5.41, 5.74) is 0.619. The topological polar surface area (TPSA) is 86.0 Å². The number of aromatic amines is 2. The number of fused-ring (bicyclic) bond motifs is 1. The van der Waals surface area contributed by atoms with Gasteiger partial charge in [-0.3, -0.25) is 0 Å². The lowest BCUT2D eigenvalue weighted by atomic mass is 10.3. The molecule has 0 aliphatic carbocycles. The van der Waals surface area contributed by atoms with Gasteiger partial charge in [0.2, 0.25) is 10.0 Å². The van der Waals surface area contributed by atoms with Crippen LogP contribution in [0.25, 0.3) is 11.0 Å². The van der Waals surface area contributed by atoms with E-state index in [4.69, 9.17) is 11.6 Å². The zero-order valence-corrected chi connectivity index (χ0v) is 14.8. The summed E-state index contributed by atoms with van der Waals surface area (Å²) in [6.45, 7) is 3.99. The van der Waals surface area contributed by atoms with Crippen molar-refractivity contribution < 1.29 is 8.42 Å². The van der Waals surface area contributed by atoms with Gasteiger partial charge in [0.15, 0.2) is 0 Å². The van der Waals surface area contributed by atoms with Crippen LogP contribution in [0.3, 0.4) is 0 Å². The zero-order chi connectivity index (χ0) is 17.3. The summed E-state index contributed by atoms with van der Waals surface area (Å²) in [7, 11) is -3.74. The third-order valence-corrected chi connectivity index (χ3v) is 6.44. The molecule has 0 saturated heterocycles. The van der Waals surface area contributed by atoms with E-state index in [0.29, 0.717) is 15.4 Å². The third-order valence-electron chi connectivity index (χ3n) is 3.42. The van der Waals surface area contributed by atoms with E-state index in [-0.39, 0.29) is 23.7 Å². The van der Waals surface area contributed by atoms with Gasteiger partial charge in [-0.05, 0) is 30.3 Å². The molecule has 0 bridgehead atoms. The van der Waals surface area contributed by atoms with Crippen LogP contribution in [0.15, 0.2) is 52.7 Å². The third kappa shape index (κ3) is 3.32. The minimum absolute atomic E-state index is 0.106. The fourth-order valence-corrected chi connectivity index (χ4v) is 4.92. The van der Waals surface area contributed by atoms with Gasteiger partial charge in [0.1, 0.15) is 0 Å². The normalized spacial score (nSPS) is 12.1. The Labute approximate surface area is 147 Å². The molecule has 0 fully saturated rings. The highest BCUT2D eigenvalue weighted by Gasteiger charge is 2.24. The van der Waals surface area contributed by atoms with Crippen LogP contribution in [0.5, 0.6) is 0 Å². The number of H-pyrrole nitrogens is 2. The predicted molar refractivity (Wildman–Crippen MR) is 96.0 cm³/mol. The zero-order valence-electron chi connectivity index (χ0n) is 12.5. The first kappa shape index (κ1) is 17.0. The number of aromatic nitrogens is 2. The smallest absolute Gasteiger partial charge is 0.306 e. The van der Waals surface area contributed by atoms with Crippen LogP contribution in [-0.4, -0.2) is 29.2 Å². The van der Waals surface area contributed by atoms with Crippen LogP contribution >= 0.6 is 22.9 Å². The van der Waals surface area contributed by atoms with Crippen LogP contribution < -0.4 is 5.69 Å². The molecular weight excluding hydrogens is 370 g/mol. The monoisotopic (exact) mass is 383 g/mol. The van der Waals surface area contributed by atoms with Crippen molar-refractivity contribution in [1.82, 2.24) is 14.3 Å². The number of nitrogens with zero attached hydrogens (tertiary/aromatic N) is 1. The summed E-state index contributed by atoms with van der Waals surface area (Å²) in [6.07, 6.45) is 1.53. The standard InChI is InChI=1S/C15H14ClN3O3S2/c1-2-7-19(9-10-3-6-14(16)23-10)24(21,22)11-4-5-12-13(8-11)18-15(20)17-12/h2-6,8H,1,7,9H2,(H2,17,18,20). The molecule has 3 rings (SSSR count). The van der Waals surface area contributed by atoms with E-state index in [1.807, 2.05) is 0 Å². The number of imidazole rings is 1. The van der Waals surface area contributed by atoms with E-state index in [9.17, 15) is 13.2 Å². The number of nitrogens with one attached hydrogen (secondary N) is 2. The van der Waals surface area contributed by atoms with E-state index in [1.54, 1.807) is 18.2 Å². The number of sulfonamides is 1. The Hall–Kier alpha value is -1.87. The quantitative estimate of drug-likeness (QED) is 0.641. The minimum atomic E-state index is -3.74. The van der Waals surface area contributed by atoms with Gasteiger partial charge in [-0.25, -0.2) is 13.2 Å². The molecule has 0 radical (unpaired) electrons. The molecule has 1 aromatic carbocycles. The predicted octanol–water partition coefficient (Wildman–Crippen LogP) is 2.95. The van der Waals surface area contributed by atoms with E-state index in [1.165, 1.54) is 33.9 Å². The fraction of sp³-hybridized carbons (Fsp3) is 0.133. The highest BCUT2D eigenvalue weighted by molar-refractivity contribution is 7.89. The Kier molecular flexibility index (Phi) is 4.64. The SMILES string of the molecule is C=CCN(Cc1ccc(Cl)s1)S(=O)(=O)c1ccc2[nH]c(=O)[nH]c2c1. The highest BCUT2D eigenvalue weighted by Crippen LogP contribution is 2.26. The summed E-state index contributed by atoms with van der Waals surface area (Å²) >= 11 is 7.24. The molecule has 0 aliphatic rings. The number of hydrogen-bond donors (Lipinski definition) is 2. The molecule has 0 aliphatic heterocycles. The summed E-state index contributed by atoms with van der Waals surface area (Å²) in [4.78, 5) is 17.4. The van der Waals surface area contributed by atoms with Gasteiger partial charge in [0, 0.05) is 18.0 Å². The number of benzene rings is 1. The molecular formula is C15H14ClN3O3S2. The molecule has 0 atom stereocenters. The first-order valence-corrected chi connectivity index (χ1v) is 9.61. The lowest BCUT2D eigenvalue weighted by Crippen LogP contribution is -2.30. The molecule has 3 aromatic rings. The Balaban J connectivity index is 1.99. The molecule has 2 N–H and O–H groups in total. The van der Waals surface area contributed by atoms with Crippen LogP contribution in [0.4, 0.5) is 0 Å². The molecule has 6 nitrogen and oxygen atoms in total. The largest absolute Gasteiger partial charge is 0.323 e. The van der Waals surface area contributed by atoms with Gasteiger partial charge in [-0.2, -0.15) is 4.31 Å². The fourth-order valence-electron chi connectivity index (χ4n) is 2.32. The second-order valence-corrected chi connectivity index (χ2v) is 8.82. The van der Waals surface area contributed by atoms with Gasteiger partial charge in [-0.15, -0.1) is 17.9 Å². The van der Waals surface area contributed by atoms with E-state index in [0.717, 1.165) is 4.88 Å². The molecule has 2 aromatic heterocycles. The molecule has 0 unspecified atom stereocenters. The lowest BCUT2D eigenvalue weighted by molar-refractivity contribution is 0.441. The van der Waals surface area contributed by atoms with Crippen molar-refractivity contribution in [2.75, 3.05) is 6.54 Å². The van der Waals surface area contributed by atoms with Crippen molar-refractivity contribution in [3.63, 3.8) is 0 Å². The number of halogens is 1. The van der Waals surface area contributed by atoms with Gasteiger partial charge in [-0.1, -0.05) is 17.7 Å². The average molecular weight is 384 g/mol. The maximum Gasteiger partial charge on any atom is 0.323 e. The molecule has 0 amide bonds. The Morgan fingerprint density at radius 3 is 2.62 bits per heavy atom. The molecule has 9 heteroatoms. The Morgan fingerprint density at radius 2 is 1.96 bits per heavy atom. The average Bonchev–Trinajstić information content (AvgIpc) is 3.10. The summed E-state index contributed by atoms with van der Waals surface area (Å²) in [5, 5.41) is 0. The van der Waals surface area contributed by atoms with Crippen molar-refractivity contribution in [3.8, 4) is 0 Å². The van der Waals surface area contributed by atoms with Crippen molar-refractivity contribution in [1.29, 1.82) is 0 Å². The number of thiophene rings is 1. The van der Waals surface area contributed by atoms with E-state index in [2.05, 4.69) is 16.5 Å². The Bertz CT molecular complexity index is 1050. The van der Waals surface area contributed by atoms with Gasteiger partial charge in [0.25, 0.3) is 0 Å². The van der Waals surface area contributed by atoms with Crippen LogP contribution in [0.2, 0.25) is 4.34 Å². The van der Waals surface area contributed by atoms with Gasteiger partial charge >= 0.3 is 5.69 Å². The molecule has 2 heterocycles. The summed E-state index contributed by atoms with van der Waals surface area (Å²) in [6, 6.07) is 8.01.